The van der Waals surface area contributed by atoms with Crippen molar-refractivity contribution in [1.29, 1.82) is 0 Å². The van der Waals surface area contributed by atoms with Crippen LogP contribution in [0.4, 0.5) is 0 Å². The molecule has 0 saturated heterocycles. The van der Waals surface area contributed by atoms with E-state index in [9.17, 15) is 9.90 Å². The van der Waals surface area contributed by atoms with Gasteiger partial charge in [-0.25, -0.2) is 0 Å². The average Bonchev–Trinajstić information content (AvgIpc) is 3.10. The van der Waals surface area contributed by atoms with E-state index in [0.29, 0.717) is 29.1 Å². The molecule has 0 aromatic heterocycles. The Balaban J connectivity index is 1.41. The number of aliphatic hydroxyl groups is 1. The molecule has 2 N–H and O–H groups in total. The van der Waals surface area contributed by atoms with E-state index in [0.717, 1.165) is 43.4 Å². The molecule has 0 spiro atoms. The van der Waals surface area contributed by atoms with Crippen molar-refractivity contribution >= 4 is 5.97 Å². The number of hydrogen-bond acceptors (Lipinski definition) is 5. The molecule has 4 aliphatic rings. The number of fused-ring (bicyclic) bond motifs is 5. The Morgan fingerprint density at radius 1 is 1.23 bits per heavy atom. The largest absolute Gasteiger partial charge is 0.448 e. The number of allylic oxidation sites excluding steroid dienone is 1. The first-order chi connectivity index (χ1) is 14.8. The van der Waals surface area contributed by atoms with Gasteiger partial charge in [-0.2, -0.15) is 5.48 Å². The van der Waals surface area contributed by atoms with Crippen LogP contribution in [0.1, 0.15) is 85.0 Å². The van der Waals surface area contributed by atoms with Crippen LogP contribution in [0.25, 0.3) is 0 Å². The summed E-state index contributed by atoms with van der Waals surface area (Å²) in [6.45, 7) is 7.54. The fourth-order valence-electron chi connectivity index (χ4n) is 8.40. The Kier molecular flexibility index (Phi) is 6.86. The van der Waals surface area contributed by atoms with Crippen LogP contribution in [0.5, 0.6) is 0 Å². The van der Waals surface area contributed by atoms with Gasteiger partial charge in [0.15, 0.2) is 6.73 Å². The Labute approximate surface area is 188 Å². The molecule has 3 saturated carbocycles. The molecule has 3 fully saturated rings. The number of hydrogen-bond donors (Lipinski definition) is 2. The highest BCUT2D eigenvalue weighted by molar-refractivity contribution is 5.69. The normalized spacial score (nSPS) is 42.7. The van der Waals surface area contributed by atoms with Crippen LogP contribution < -0.4 is 5.48 Å². The van der Waals surface area contributed by atoms with Gasteiger partial charge in [0.1, 0.15) is 0 Å². The Morgan fingerprint density at radius 3 is 2.81 bits per heavy atom. The van der Waals surface area contributed by atoms with Crippen molar-refractivity contribution in [2.75, 3.05) is 13.8 Å². The van der Waals surface area contributed by atoms with Crippen molar-refractivity contribution < 1.29 is 19.5 Å². The first-order valence-electron chi connectivity index (χ1n) is 12.6. The van der Waals surface area contributed by atoms with Gasteiger partial charge in [-0.15, -0.1) is 0 Å². The van der Waals surface area contributed by atoms with Gasteiger partial charge in [0, 0.05) is 6.42 Å². The van der Waals surface area contributed by atoms with Gasteiger partial charge in [-0.1, -0.05) is 32.4 Å². The molecule has 8 atom stereocenters. The van der Waals surface area contributed by atoms with Crippen LogP contribution >= 0.6 is 0 Å². The number of rotatable bonds is 7. The summed E-state index contributed by atoms with van der Waals surface area (Å²) in [6.07, 6.45) is 13.3. The van der Waals surface area contributed by atoms with Crippen molar-refractivity contribution in [1.82, 2.24) is 5.48 Å². The zero-order valence-electron chi connectivity index (χ0n) is 20.0. The molecule has 0 radical (unpaired) electrons. The maximum absolute atomic E-state index is 12.0. The summed E-state index contributed by atoms with van der Waals surface area (Å²) in [4.78, 5) is 16.8. The van der Waals surface area contributed by atoms with Crippen LogP contribution in [-0.4, -0.2) is 31.0 Å². The molecule has 0 aliphatic heterocycles. The molecule has 4 aliphatic carbocycles. The van der Waals surface area contributed by atoms with Gasteiger partial charge < -0.3 is 14.7 Å². The smallest absolute Gasteiger partial charge is 0.307 e. The number of ether oxygens (including phenoxy) is 1. The van der Waals surface area contributed by atoms with Crippen LogP contribution in [0.15, 0.2) is 11.6 Å². The average molecular weight is 434 g/mol. The van der Waals surface area contributed by atoms with Crippen molar-refractivity contribution in [2.45, 2.75) is 91.1 Å². The Hall–Kier alpha value is -0.910. The zero-order valence-corrected chi connectivity index (χ0v) is 20.0. The maximum Gasteiger partial charge on any atom is 0.307 e. The molecule has 0 heterocycles. The molecule has 0 amide bonds. The molecular weight excluding hydrogens is 390 g/mol. The third-order valence-electron chi connectivity index (χ3n) is 10.1. The van der Waals surface area contributed by atoms with E-state index in [1.165, 1.54) is 39.2 Å². The monoisotopic (exact) mass is 433 g/mol. The van der Waals surface area contributed by atoms with Gasteiger partial charge in [-0.05, 0) is 98.2 Å². The Morgan fingerprint density at radius 2 is 2.03 bits per heavy atom. The van der Waals surface area contributed by atoms with E-state index in [2.05, 4.69) is 32.3 Å². The second-order valence-corrected chi connectivity index (χ2v) is 11.4. The summed E-state index contributed by atoms with van der Waals surface area (Å²) in [5, 5.41) is 10.2. The van der Waals surface area contributed by atoms with Crippen molar-refractivity contribution in [2.24, 2.45) is 40.4 Å². The van der Waals surface area contributed by atoms with E-state index in [4.69, 9.17) is 9.57 Å². The van der Waals surface area contributed by atoms with Gasteiger partial charge in [0.2, 0.25) is 0 Å². The standard InChI is InChI=1S/C26H43NO4/c1-17(5-10-24(29)31-16-27-30-4)21-8-9-22-20-7-6-18-15-19(28)11-13-25(18,2)23(20)12-14-26(21,22)3/h6,17,19-23,27-28H,5,7-16H2,1-4H3/t17-,19+,20+,21-,22+,23+,25+,26-/m1/s1. The van der Waals surface area contributed by atoms with Crippen LogP contribution in [0.3, 0.4) is 0 Å². The van der Waals surface area contributed by atoms with Crippen molar-refractivity contribution in [3.8, 4) is 0 Å². The van der Waals surface area contributed by atoms with Gasteiger partial charge in [0.05, 0.1) is 13.2 Å². The van der Waals surface area contributed by atoms with E-state index in [1.807, 2.05) is 0 Å². The SMILES string of the molecule is CONCOC(=O)CC[C@@H](C)[C@H]1CC[C@H]2[C@@H]3CC=C4C[C@@H](O)CC[C@]4(C)[C@H]3CC[C@]12C. The summed E-state index contributed by atoms with van der Waals surface area (Å²) in [5.74, 6) is 3.50. The van der Waals surface area contributed by atoms with Gasteiger partial charge in [-0.3, -0.25) is 4.79 Å². The molecule has 0 aromatic carbocycles. The lowest BCUT2D eigenvalue weighted by Gasteiger charge is -2.58. The molecule has 176 valence electrons. The highest BCUT2D eigenvalue weighted by Crippen LogP contribution is 2.67. The number of aliphatic hydroxyl groups excluding tert-OH is 1. The minimum atomic E-state index is -0.142. The molecule has 4 rings (SSSR count). The van der Waals surface area contributed by atoms with Gasteiger partial charge in [0.25, 0.3) is 0 Å². The lowest BCUT2D eigenvalue weighted by Crippen LogP contribution is -2.50. The third-order valence-corrected chi connectivity index (χ3v) is 10.1. The summed E-state index contributed by atoms with van der Waals surface area (Å²) < 4.78 is 5.17. The molecule has 31 heavy (non-hydrogen) atoms. The second kappa shape index (κ2) is 9.15. The van der Waals surface area contributed by atoms with Crippen molar-refractivity contribution in [3.63, 3.8) is 0 Å². The predicted octanol–water partition coefficient (Wildman–Crippen LogP) is 4.99. The van der Waals surface area contributed by atoms with Gasteiger partial charge >= 0.3 is 5.97 Å². The second-order valence-electron chi connectivity index (χ2n) is 11.4. The van der Waals surface area contributed by atoms with E-state index in [-0.39, 0.29) is 18.8 Å². The Bertz CT molecular complexity index is 693. The summed E-state index contributed by atoms with van der Waals surface area (Å²) >= 11 is 0. The topological polar surface area (TPSA) is 67.8 Å². The molecule has 5 nitrogen and oxygen atoms in total. The fourth-order valence-corrected chi connectivity index (χ4v) is 8.40. The minimum Gasteiger partial charge on any atom is -0.448 e. The van der Waals surface area contributed by atoms with Crippen LogP contribution in [-0.2, 0) is 14.4 Å². The lowest BCUT2D eigenvalue weighted by atomic mass is 9.47. The molecule has 0 unspecified atom stereocenters. The quantitative estimate of drug-likeness (QED) is 0.195. The van der Waals surface area contributed by atoms with Crippen LogP contribution in [0, 0.1) is 40.4 Å². The number of carbonyl (C=O) groups excluding carboxylic acids is 1. The van der Waals surface area contributed by atoms with E-state index in [1.54, 1.807) is 5.57 Å². The van der Waals surface area contributed by atoms with Crippen LogP contribution in [0.2, 0.25) is 0 Å². The minimum absolute atomic E-state index is 0.112. The zero-order chi connectivity index (χ0) is 22.2. The van der Waals surface area contributed by atoms with E-state index < -0.39 is 0 Å². The van der Waals surface area contributed by atoms with Crippen molar-refractivity contribution in [3.05, 3.63) is 11.6 Å². The first kappa shape index (κ1) is 23.3. The summed E-state index contributed by atoms with van der Waals surface area (Å²) in [5.41, 5.74) is 4.82. The molecule has 5 heteroatoms. The maximum atomic E-state index is 12.0. The molecular formula is C26H43NO4. The molecule has 0 aromatic rings. The lowest BCUT2D eigenvalue weighted by molar-refractivity contribution is -0.149. The highest BCUT2D eigenvalue weighted by atomic mass is 16.7. The number of esters is 1. The number of carbonyl (C=O) groups is 1. The third kappa shape index (κ3) is 4.22. The number of nitrogens with one attached hydrogen (secondary N) is 1. The highest BCUT2D eigenvalue weighted by Gasteiger charge is 2.59. The summed E-state index contributed by atoms with van der Waals surface area (Å²) in [7, 11) is 1.52. The molecule has 0 bridgehead atoms. The summed E-state index contributed by atoms with van der Waals surface area (Å²) in [6, 6.07) is 0. The predicted molar refractivity (Wildman–Crippen MR) is 121 cm³/mol. The fraction of sp³-hybridized carbons (Fsp3) is 0.885. The first-order valence-corrected chi connectivity index (χ1v) is 12.6. The number of hydroxylamine groups is 1. The van der Waals surface area contributed by atoms with E-state index >= 15 is 0 Å².